The molecule has 4 N–H and O–H groups in total. The van der Waals surface area contributed by atoms with Crippen molar-refractivity contribution in [2.45, 2.75) is 57.5 Å². The highest BCUT2D eigenvalue weighted by Gasteiger charge is 2.28. The van der Waals surface area contributed by atoms with Crippen molar-refractivity contribution in [1.82, 2.24) is 0 Å². The van der Waals surface area contributed by atoms with Gasteiger partial charge in [0.25, 0.3) is 0 Å². The largest absolute Gasteiger partial charge is 0.469 e. The first-order chi connectivity index (χ1) is 26.4. The van der Waals surface area contributed by atoms with Gasteiger partial charge >= 0.3 is 24.3 Å². The van der Waals surface area contributed by atoms with E-state index in [1.807, 2.05) is 19.1 Å². The zero-order valence-electron chi connectivity index (χ0n) is 30.9. The van der Waals surface area contributed by atoms with Gasteiger partial charge < -0.3 is 30.4 Å². The number of hydrogen-bond acceptors (Lipinski definition) is 10. The van der Waals surface area contributed by atoms with Crippen LogP contribution in [0.5, 0.6) is 23.0 Å². The van der Waals surface area contributed by atoms with Gasteiger partial charge in [-0.15, -0.1) is 23.5 Å². The third kappa shape index (κ3) is 17.0. The molecule has 0 saturated carbocycles. The van der Waals surface area contributed by atoms with Crippen molar-refractivity contribution in [3.05, 3.63) is 113 Å². The van der Waals surface area contributed by atoms with Crippen molar-refractivity contribution < 1.29 is 54.9 Å². The summed E-state index contributed by atoms with van der Waals surface area (Å²) < 4.78 is 96.0. The maximum Gasteiger partial charge on any atom is 0.397 e. The predicted octanol–water partition coefficient (Wildman–Crippen LogP) is 11.0. The summed E-state index contributed by atoms with van der Waals surface area (Å²) >= 11 is 1.48. The van der Waals surface area contributed by atoms with Gasteiger partial charge in [0.15, 0.2) is 0 Å². The second kappa shape index (κ2) is 22.7. The standard InChI is InChI=1S/C20H22F3NO3S.C20H20F3NO3S.CH4/c2*1-3-14-5-4-13(9-19(25)26-2)8-18(14)27-17-7-6-16(24)10-15(17)11-28-12-20(21,22)23;/h4-8,10H,3,9,11-12,24H2,1-2H3;3-8,10H,1,9,11-12,24H2,2H3;1H4. The highest BCUT2D eigenvalue weighted by molar-refractivity contribution is 7.98. The number of nitrogen functional groups attached to an aromatic ring is 2. The summed E-state index contributed by atoms with van der Waals surface area (Å²) in [7, 11) is 2.62. The molecular formula is C41H46F6N2O6S2. The molecule has 57 heavy (non-hydrogen) atoms. The molecule has 0 radical (unpaired) electrons. The Morgan fingerprint density at radius 3 is 1.51 bits per heavy atom. The van der Waals surface area contributed by atoms with E-state index in [-0.39, 0.29) is 37.7 Å². The topological polar surface area (TPSA) is 123 Å². The van der Waals surface area contributed by atoms with Crippen LogP contribution < -0.4 is 20.9 Å². The fraction of sp³-hybridized carbons (Fsp3) is 0.317. The third-order valence-electron chi connectivity index (χ3n) is 7.62. The van der Waals surface area contributed by atoms with Crippen LogP contribution in [0.3, 0.4) is 0 Å². The summed E-state index contributed by atoms with van der Waals surface area (Å²) in [6.45, 7) is 5.70. The number of anilines is 2. The van der Waals surface area contributed by atoms with Crippen LogP contribution in [0.15, 0.2) is 79.4 Å². The summed E-state index contributed by atoms with van der Waals surface area (Å²) in [5, 5.41) is 0. The molecule has 0 saturated heterocycles. The number of esters is 2. The lowest BCUT2D eigenvalue weighted by atomic mass is 10.1. The minimum atomic E-state index is -4.25. The number of methoxy groups -OCH3 is 2. The molecule has 0 atom stereocenters. The van der Waals surface area contributed by atoms with Gasteiger partial charge in [-0.25, -0.2) is 0 Å². The number of thioether (sulfide) groups is 2. The van der Waals surface area contributed by atoms with E-state index in [9.17, 15) is 35.9 Å². The van der Waals surface area contributed by atoms with Crippen molar-refractivity contribution in [3.8, 4) is 23.0 Å². The molecule has 0 amide bonds. The predicted molar refractivity (Wildman–Crippen MR) is 217 cm³/mol. The average molecular weight is 841 g/mol. The Kier molecular flexibility index (Phi) is 19.2. The lowest BCUT2D eigenvalue weighted by Crippen LogP contribution is -2.11. The maximum absolute atomic E-state index is 12.4. The molecule has 0 spiro atoms. The van der Waals surface area contributed by atoms with Crippen molar-refractivity contribution in [2.75, 3.05) is 37.2 Å². The maximum atomic E-state index is 12.4. The van der Waals surface area contributed by atoms with E-state index < -0.39 is 29.8 Å². The number of rotatable bonds is 16. The molecule has 4 rings (SSSR count). The normalized spacial score (nSPS) is 11.0. The number of ether oxygens (including phenoxy) is 4. The molecule has 310 valence electrons. The van der Waals surface area contributed by atoms with E-state index in [4.69, 9.17) is 20.9 Å². The quantitative estimate of drug-likeness (QED) is 0.0640. The Morgan fingerprint density at radius 1 is 0.649 bits per heavy atom. The van der Waals surface area contributed by atoms with Crippen LogP contribution >= 0.6 is 23.5 Å². The molecule has 0 fully saturated rings. The summed E-state index contributed by atoms with van der Waals surface area (Å²) in [5.41, 5.74) is 16.6. The fourth-order valence-electron chi connectivity index (χ4n) is 4.93. The first kappa shape index (κ1) is 48.2. The van der Waals surface area contributed by atoms with E-state index in [0.717, 1.165) is 34.7 Å². The summed E-state index contributed by atoms with van der Waals surface area (Å²) in [6.07, 6.45) is -6.02. The van der Waals surface area contributed by atoms with E-state index in [0.29, 0.717) is 63.0 Å². The van der Waals surface area contributed by atoms with Crippen LogP contribution in [-0.2, 0) is 49.8 Å². The average Bonchev–Trinajstić information content (AvgIpc) is 3.13. The third-order valence-corrected chi connectivity index (χ3v) is 9.71. The minimum Gasteiger partial charge on any atom is -0.469 e. The first-order valence-corrected chi connectivity index (χ1v) is 19.2. The van der Waals surface area contributed by atoms with E-state index in [1.54, 1.807) is 66.7 Å². The number of alkyl halides is 6. The van der Waals surface area contributed by atoms with Crippen LogP contribution in [-0.4, -0.2) is 50.0 Å². The number of carbonyl (C=O) groups is 2. The molecule has 0 unspecified atom stereocenters. The van der Waals surface area contributed by atoms with Crippen LogP contribution in [0.25, 0.3) is 6.08 Å². The number of halogens is 6. The second-order valence-corrected chi connectivity index (χ2v) is 14.0. The summed E-state index contributed by atoms with van der Waals surface area (Å²) in [4.78, 5) is 23.0. The first-order valence-electron chi connectivity index (χ1n) is 16.9. The Morgan fingerprint density at radius 2 is 1.09 bits per heavy atom. The molecule has 0 aliphatic carbocycles. The van der Waals surface area contributed by atoms with E-state index in [1.165, 1.54) is 14.2 Å². The second-order valence-electron chi connectivity index (χ2n) is 12.0. The number of carbonyl (C=O) groups excluding carboxylic acids is 2. The summed E-state index contributed by atoms with van der Waals surface area (Å²) in [6, 6.07) is 20.3. The molecule has 0 heterocycles. The van der Waals surface area contributed by atoms with Gasteiger partial charge in [-0.2, -0.15) is 26.3 Å². The number of nitrogens with two attached hydrogens (primary N) is 2. The monoisotopic (exact) mass is 840 g/mol. The van der Waals surface area contributed by atoms with Crippen molar-refractivity contribution in [3.63, 3.8) is 0 Å². The van der Waals surface area contributed by atoms with Gasteiger partial charge in [-0.3, -0.25) is 9.59 Å². The van der Waals surface area contributed by atoms with Gasteiger partial charge in [0, 0.05) is 39.6 Å². The number of aryl methyl sites for hydroxylation is 1. The zero-order valence-corrected chi connectivity index (χ0v) is 32.5. The van der Waals surface area contributed by atoms with Gasteiger partial charge in [0.05, 0.1) is 38.6 Å². The molecule has 0 aromatic heterocycles. The van der Waals surface area contributed by atoms with Crippen LogP contribution in [0.1, 0.15) is 47.7 Å². The zero-order chi connectivity index (χ0) is 41.5. The van der Waals surface area contributed by atoms with Gasteiger partial charge in [-0.05, 0) is 71.6 Å². The van der Waals surface area contributed by atoms with Crippen LogP contribution in [0, 0.1) is 0 Å². The van der Waals surface area contributed by atoms with Crippen LogP contribution in [0.2, 0.25) is 0 Å². The number of benzene rings is 4. The molecule has 0 bridgehead atoms. The van der Waals surface area contributed by atoms with Crippen LogP contribution in [0.4, 0.5) is 37.7 Å². The Balaban J connectivity index is 0.000000387. The molecule has 8 nitrogen and oxygen atoms in total. The smallest absolute Gasteiger partial charge is 0.397 e. The Labute approximate surface area is 337 Å². The van der Waals surface area contributed by atoms with E-state index in [2.05, 4.69) is 16.1 Å². The van der Waals surface area contributed by atoms with Gasteiger partial charge in [0.2, 0.25) is 0 Å². The molecule has 0 aliphatic heterocycles. The Hall–Kier alpha value is -4.96. The Bertz CT molecular complexity index is 1960. The molecular weight excluding hydrogens is 795 g/mol. The van der Waals surface area contributed by atoms with Crippen molar-refractivity contribution >= 4 is 52.9 Å². The van der Waals surface area contributed by atoms with Gasteiger partial charge in [-0.1, -0.05) is 51.3 Å². The van der Waals surface area contributed by atoms with Crippen molar-refractivity contribution in [1.29, 1.82) is 0 Å². The molecule has 0 aliphatic rings. The molecule has 16 heteroatoms. The summed E-state index contributed by atoms with van der Waals surface area (Å²) in [5.74, 6) is -0.658. The number of hydrogen-bond donors (Lipinski definition) is 2. The minimum absolute atomic E-state index is 0. The van der Waals surface area contributed by atoms with Crippen molar-refractivity contribution in [2.24, 2.45) is 0 Å². The molecule has 4 aromatic carbocycles. The molecule has 4 aromatic rings. The van der Waals surface area contributed by atoms with E-state index >= 15 is 0 Å². The fourth-order valence-corrected chi connectivity index (χ4v) is 6.49. The van der Waals surface area contributed by atoms with Gasteiger partial charge in [0.1, 0.15) is 23.0 Å². The lowest BCUT2D eigenvalue weighted by Gasteiger charge is -2.16. The highest BCUT2D eigenvalue weighted by Crippen LogP contribution is 2.36. The highest BCUT2D eigenvalue weighted by atomic mass is 32.2. The SMILES string of the molecule is C.C=Cc1ccc(CC(=O)OC)cc1Oc1ccc(N)cc1CSCC(F)(F)F.CCc1ccc(CC(=O)OC)cc1Oc1ccc(N)cc1CSCC(F)(F)F. The lowest BCUT2D eigenvalue weighted by molar-refractivity contribution is -0.140.